The molecular weight excluding hydrogens is 134 g/mol. The molecule has 2 aliphatic rings. The quantitative estimate of drug-likeness (QED) is 0.567. The molecule has 0 heterocycles. The van der Waals surface area contributed by atoms with Crippen molar-refractivity contribution < 1.29 is 0 Å². The summed E-state index contributed by atoms with van der Waals surface area (Å²) >= 11 is 0. The van der Waals surface area contributed by atoms with Gasteiger partial charge in [0.25, 0.3) is 0 Å². The van der Waals surface area contributed by atoms with E-state index in [1.165, 1.54) is 25.7 Å². The minimum atomic E-state index is 0.514. The van der Waals surface area contributed by atoms with Gasteiger partial charge in [-0.25, -0.2) is 0 Å². The van der Waals surface area contributed by atoms with E-state index in [9.17, 15) is 0 Å². The zero-order valence-corrected chi connectivity index (χ0v) is 7.64. The summed E-state index contributed by atoms with van der Waals surface area (Å²) in [5.74, 6) is 1.96. The molecule has 0 bridgehead atoms. The van der Waals surface area contributed by atoms with Crippen molar-refractivity contribution in [2.24, 2.45) is 23.0 Å². The van der Waals surface area contributed by atoms with Gasteiger partial charge < -0.3 is 5.73 Å². The van der Waals surface area contributed by atoms with Gasteiger partial charge in [0.05, 0.1) is 0 Å². The Morgan fingerprint density at radius 1 is 1.09 bits per heavy atom. The maximum atomic E-state index is 5.87. The van der Waals surface area contributed by atoms with Gasteiger partial charge in [-0.3, -0.25) is 0 Å². The van der Waals surface area contributed by atoms with Crippen LogP contribution < -0.4 is 5.73 Å². The lowest BCUT2D eigenvalue weighted by Crippen LogP contribution is -2.28. The van der Waals surface area contributed by atoms with Crippen LogP contribution in [-0.4, -0.2) is 6.04 Å². The van der Waals surface area contributed by atoms with Crippen LogP contribution in [0, 0.1) is 17.3 Å². The summed E-state index contributed by atoms with van der Waals surface area (Å²) in [6.07, 6.45) is 5.34. The van der Waals surface area contributed by atoms with Gasteiger partial charge in [-0.1, -0.05) is 13.8 Å². The largest absolute Gasteiger partial charge is 0.328 e. The van der Waals surface area contributed by atoms with Crippen molar-refractivity contribution in [2.75, 3.05) is 0 Å². The third kappa shape index (κ3) is 0.936. The summed E-state index contributed by atoms with van der Waals surface area (Å²) < 4.78 is 0. The lowest BCUT2D eigenvalue weighted by molar-refractivity contribution is 0.273. The fraction of sp³-hybridized carbons (Fsp3) is 1.00. The first kappa shape index (κ1) is 7.60. The van der Waals surface area contributed by atoms with E-state index in [0.29, 0.717) is 6.04 Å². The summed E-state index contributed by atoms with van der Waals surface area (Å²) in [6.45, 7) is 4.81. The van der Waals surface area contributed by atoms with E-state index in [2.05, 4.69) is 13.8 Å². The first-order valence-electron chi connectivity index (χ1n) is 4.92. The molecule has 0 aliphatic heterocycles. The Labute approximate surface area is 69.4 Å². The van der Waals surface area contributed by atoms with Gasteiger partial charge in [-0.2, -0.15) is 0 Å². The highest BCUT2D eigenvalue weighted by molar-refractivity contribution is 5.08. The van der Waals surface area contributed by atoms with E-state index in [1.807, 2.05) is 0 Å². The van der Waals surface area contributed by atoms with Gasteiger partial charge in [-0.15, -0.1) is 0 Å². The first-order chi connectivity index (χ1) is 5.17. The molecule has 1 nitrogen and oxygen atoms in total. The molecule has 64 valence electrons. The van der Waals surface area contributed by atoms with Crippen LogP contribution in [0.5, 0.6) is 0 Å². The second kappa shape index (κ2) is 2.22. The maximum Gasteiger partial charge on any atom is 0.00392 e. The average Bonchev–Trinajstić information content (AvgIpc) is 2.50. The Balaban J connectivity index is 1.98. The molecule has 2 saturated carbocycles. The third-order valence-corrected chi connectivity index (χ3v) is 4.42. The Bertz CT molecular complexity index is 146. The molecule has 0 aromatic carbocycles. The summed E-state index contributed by atoms with van der Waals surface area (Å²) in [5.41, 5.74) is 6.62. The highest BCUT2D eigenvalue weighted by Gasteiger charge is 2.58. The van der Waals surface area contributed by atoms with E-state index in [1.54, 1.807) is 0 Å². The van der Waals surface area contributed by atoms with Crippen LogP contribution in [0.4, 0.5) is 0 Å². The molecule has 11 heavy (non-hydrogen) atoms. The number of hydrogen-bond acceptors (Lipinski definition) is 1. The molecule has 0 saturated heterocycles. The topological polar surface area (TPSA) is 26.0 Å². The smallest absolute Gasteiger partial charge is 0.00392 e. The highest BCUT2D eigenvalue weighted by Crippen LogP contribution is 2.65. The Kier molecular flexibility index (Phi) is 1.54. The summed E-state index contributed by atoms with van der Waals surface area (Å²) in [4.78, 5) is 0. The Morgan fingerprint density at radius 2 is 1.55 bits per heavy atom. The van der Waals surface area contributed by atoms with E-state index < -0.39 is 0 Å². The van der Waals surface area contributed by atoms with Crippen molar-refractivity contribution in [3.8, 4) is 0 Å². The number of rotatable bonds is 0. The van der Waals surface area contributed by atoms with Gasteiger partial charge >= 0.3 is 0 Å². The minimum absolute atomic E-state index is 0.514. The monoisotopic (exact) mass is 153 g/mol. The molecule has 2 aliphatic carbocycles. The van der Waals surface area contributed by atoms with Crippen molar-refractivity contribution >= 4 is 0 Å². The predicted octanol–water partition coefficient (Wildman–Crippen LogP) is 2.16. The molecule has 0 amide bonds. The van der Waals surface area contributed by atoms with Crippen LogP contribution in [0.3, 0.4) is 0 Å². The van der Waals surface area contributed by atoms with Gasteiger partial charge in [0.15, 0.2) is 0 Å². The van der Waals surface area contributed by atoms with Crippen LogP contribution in [-0.2, 0) is 0 Å². The number of nitrogens with two attached hydrogens (primary N) is 1. The molecule has 1 spiro atoms. The minimum Gasteiger partial charge on any atom is -0.328 e. The van der Waals surface area contributed by atoms with Crippen LogP contribution >= 0.6 is 0 Å². The molecule has 2 atom stereocenters. The van der Waals surface area contributed by atoms with Crippen molar-refractivity contribution in [1.29, 1.82) is 0 Å². The zero-order chi connectivity index (χ0) is 8.06. The van der Waals surface area contributed by atoms with Gasteiger partial charge in [0.1, 0.15) is 0 Å². The molecule has 2 fully saturated rings. The molecule has 0 radical (unpaired) electrons. The van der Waals surface area contributed by atoms with Crippen molar-refractivity contribution in [2.45, 2.75) is 45.6 Å². The molecule has 0 aromatic rings. The third-order valence-electron chi connectivity index (χ3n) is 4.42. The number of hydrogen-bond donors (Lipinski definition) is 1. The van der Waals surface area contributed by atoms with E-state index >= 15 is 0 Å². The first-order valence-corrected chi connectivity index (χ1v) is 4.92. The molecule has 0 aromatic heterocycles. The predicted molar refractivity (Wildman–Crippen MR) is 47.2 cm³/mol. The van der Waals surface area contributed by atoms with E-state index in [0.717, 1.165) is 17.3 Å². The van der Waals surface area contributed by atoms with Crippen molar-refractivity contribution in [3.63, 3.8) is 0 Å². The second-order valence-electron chi connectivity index (χ2n) is 4.65. The lowest BCUT2D eigenvalue weighted by Gasteiger charge is -2.27. The zero-order valence-electron chi connectivity index (χ0n) is 7.64. The Morgan fingerprint density at radius 3 is 1.91 bits per heavy atom. The van der Waals surface area contributed by atoms with Gasteiger partial charge in [0, 0.05) is 6.04 Å². The summed E-state index contributed by atoms with van der Waals surface area (Å²) in [7, 11) is 0. The fourth-order valence-electron chi connectivity index (χ4n) is 3.04. The second-order valence-corrected chi connectivity index (χ2v) is 4.65. The molecule has 2 unspecified atom stereocenters. The van der Waals surface area contributed by atoms with E-state index in [4.69, 9.17) is 5.73 Å². The molecule has 2 rings (SSSR count). The van der Waals surface area contributed by atoms with Crippen molar-refractivity contribution in [1.82, 2.24) is 0 Å². The molecular formula is C10H19N. The normalized spacial score (nSPS) is 56.5. The van der Waals surface area contributed by atoms with Crippen molar-refractivity contribution in [3.05, 3.63) is 0 Å². The maximum absolute atomic E-state index is 5.87. The van der Waals surface area contributed by atoms with Crippen LogP contribution in [0.25, 0.3) is 0 Å². The fourth-order valence-corrected chi connectivity index (χ4v) is 3.04. The Hall–Kier alpha value is -0.0400. The van der Waals surface area contributed by atoms with Gasteiger partial charge in [0.2, 0.25) is 0 Å². The highest BCUT2D eigenvalue weighted by atomic mass is 14.7. The van der Waals surface area contributed by atoms with Gasteiger partial charge in [-0.05, 0) is 42.9 Å². The molecule has 2 N–H and O–H groups in total. The van der Waals surface area contributed by atoms with E-state index in [-0.39, 0.29) is 0 Å². The van der Waals surface area contributed by atoms with Crippen LogP contribution in [0.2, 0.25) is 0 Å². The average molecular weight is 153 g/mol. The van der Waals surface area contributed by atoms with Crippen LogP contribution in [0.15, 0.2) is 0 Å². The lowest BCUT2D eigenvalue weighted by atomic mass is 9.81. The summed E-state index contributed by atoms with van der Waals surface area (Å²) in [5, 5.41) is 0. The van der Waals surface area contributed by atoms with Crippen LogP contribution in [0.1, 0.15) is 39.5 Å². The standard InChI is InChI=1S/C10H19N/c1-7-8(2)10(7)5-3-9(11)4-6-10/h7-9H,3-6,11H2,1-2H3. The SMILES string of the molecule is CC1C(C)C12CCC(N)CC2. The molecule has 1 heteroatoms. The summed E-state index contributed by atoms with van der Waals surface area (Å²) in [6, 6.07) is 0.514.